The number of hydrogen-bond acceptors (Lipinski definition) is 9. The topological polar surface area (TPSA) is 132 Å². The van der Waals surface area contributed by atoms with Crippen molar-refractivity contribution < 1.29 is 43.5 Å². The number of hydrogen-bond donors (Lipinski definition) is 2. The molecule has 1 saturated carbocycles. The van der Waals surface area contributed by atoms with Crippen molar-refractivity contribution in [3.63, 3.8) is 0 Å². The lowest BCUT2D eigenvalue weighted by Gasteiger charge is -2.54. The molecule has 10 heteroatoms. The van der Waals surface area contributed by atoms with Gasteiger partial charge in [-0.15, -0.1) is 11.6 Å². The van der Waals surface area contributed by atoms with Crippen LogP contribution in [0.5, 0.6) is 0 Å². The minimum Gasteiger partial charge on any atom is -0.459 e. The van der Waals surface area contributed by atoms with Crippen molar-refractivity contribution in [2.24, 2.45) is 23.2 Å². The summed E-state index contributed by atoms with van der Waals surface area (Å²) >= 11 is 6.62. The second-order valence-electron chi connectivity index (χ2n) is 10.1. The molecule has 0 radical (unpaired) electrons. The fraction of sp³-hybridized carbons (Fsp3) is 0.708. The summed E-state index contributed by atoms with van der Waals surface area (Å²) in [5.74, 6) is -4.39. The largest absolute Gasteiger partial charge is 0.459 e. The number of fused-ring (bicyclic) bond motifs is 4. The Balaban J connectivity index is 1.96. The Morgan fingerprint density at radius 3 is 2.38 bits per heavy atom. The molecule has 4 aliphatic rings. The highest BCUT2D eigenvalue weighted by Gasteiger charge is 2.74. The van der Waals surface area contributed by atoms with E-state index in [1.807, 2.05) is 0 Å². The molecule has 2 aliphatic heterocycles. The van der Waals surface area contributed by atoms with Crippen molar-refractivity contribution in [1.82, 2.24) is 0 Å². The van der Waals surface area contributed by atoms with Crippen LogP contribution >= 0.6 is 11.6 Å². The summed E-state index contributed by atoms with van der Waals surface area (Å²) in [6, 6.07) is 0. The average molecular weight is 499 g/mol. The predicted molar refractivity (Wildman–Crippen MR) is 118 cm³/mol. The van der Waals surface area contributed by atoms with Crippen LogP contribution in [0.15, 0.2) is 24.3 Å². The van der Waals surface area contributed by atoms with Crippen molar-refractivity contribution in [3.8, 4) is 0 Å². The first-order valence-electron chi connectivity index (χ1n) is 11.4. The Labute approximate surface area is 203 Å². The first-order valence-corrected chi connectivity index (χ1v) is 11.8. The first-order chi connectivity index (χ1) is 15.8. The number of carbonyl (C=O) groups is 3. The quantitative estimate of drug-likeness (QED) is 0.250. The summed E-state index contributed by atoms with van der Waals surface area (Å²) in [5, 5.41) is 22.5. The molecule has 0 aromatic carbocycles. The summed E-state index contributed by atoms with van der Waals surface area (Å²) in [6.45, 7) is 11.4. The third-order valence-corrected chi connectivity index (χ3v) is 8.65. The number of epoxide rings is 1. The molecule has 2 aliphatic carbocycles. The van der Waals surface area contributed by atoms with Crippen LogP contribution in [0.4, 0.5) is 0 Å². The van der Waals surface area contributed by atoms with Crippen molar-refractivity contribution >= 4 is 29.5 Å². The third kappa shape index (κ3) is 3.51. The van der Waals surface area contributed by atoms with Crippen LogP contribution < -0.4 is 0 Å². The number of ether oxygens (including phenoxy) is 4. The maximum atomic E-state index is 12.7. The fourth-order valence-electron chi connectivity index (χ4n) is 6.27. The van der Waals surface area contributed by atoms with E-state index in [1.54, 1.807) is 13.8 Å². The van der Waals surface area contributed by atoms with Crippen LogP contribution in [0, 0.1) is 23.2 Å². The van der Waals surface area contributed by atoms with Gasteiger partial charge in [0, 0.05) is 31.1 Å². The maximum absolute atomic E-state index is 12.7. The van der Waals surface area contributed by atoms with Crippen molar-refractivity contribution in [2.75, 3.05) is 0 Å². The molecule has 188 valence electrons. The van der Waals surface area contributed by atoms with E-state index in [-0.39, 0.29) is 0 Å². The fourth-order valence-corrected chi connectivity index (χ4v) is 6.60. The van der Waals surface area contributed by atoms with Gasteiger partial charge < -0.3 is 29.2 Å². The van der Waals surface area contributed by atoms with Crippen molar-refractivity contribution in [1.29, 1.82) is 0 Å². The molecular weight excluding hydrogens is 468 g/mol. The van der Waals surface area contributed by atoms with Crippen molar-refractivity contribution in [3.05, 3.63) is 24.3 Å². The van der Waals surface area contributed by atoms with Crippen LogP contribution in [-0.2, 0) is 33.3 Å². The Morgan fingerprint density at radius 1 is 1.18 bits per heavy atom. The van der Waals surface area contributed by atoms with Crippen LogP contribution in [-0.4, -0.2) is 75.7 Å². The van der Waals surface area contributed by atoms with E-state index in [1.165, 1.54) is 32.9 Å². The highest BCUT2D eigenvalue weighted by molar-refractivity contribution is 6.23. The maximum Gasteiger partial charge on any atom is 0.312 e. The monoisotopic (exact) mass is 498 g/mol. The highest BCUT2D eigenvalue weighted by atomic mass is 35.5. The SMILES string of the molecule is C=C1/C=C\[C@H](O)[C@@]2(C)C3O[C@H]3[C@@H](OC(C)=O)[C@H](C)[C@@H]2[C@H](OC(C)=O)[C@]2(O)[C@@H](C)C(=O)O[C@H]2[C@H]1Cl. The molecule has 2 saturated heterocycles. The van der Waals surface area contributed by atoms with E-state index in [9.17, 15) is 24.6 Å². The number of esters is 3. The van der Waals surface area contributed by atoms with Gasteiger partial charge in [-0.25, -0.2) is 0 Å². The molecule has 4 rings (SSSR count). The molecule has 0 aromatic heterocycles. The van der Waals surface area contributed by atoms with Gasteiger partial charge in [-0.3, -0.25) is 14.4 Å². The van der Waals surface area contributed by atoms with Gasteiger partial charge in [0.1, 0.15) is 18.3 Å². The molecule has 12 atom stereocenters. The zero-order valence-electron chi connectivity index (χ0n) is 19.8. The average Bonchev–Trinajstić information content (AvgIpc) is 3.52. The van der Waals surface area contributed by atoms with Gasteiger partial charge >= 0.3 is 17.9 Å². The van der Waals surface area contributed by atoms with E-state index in [2.05, 4.69) is 6.58 Å². The standard InChI is InChI=1S/C24H31ClO9/c1-9-7-8-14(28)23(6)15(10(2)17(31-12(4)26)18-21(23)33-18)19(32-13(5)27)24(30)11(3)22(29)34-20(24)16(9)25/h7-8,10-11,14-21,28,30H,1H2,2-6H3/b8-7-/t10-,11+,14+,15-,16+,17+,18+,19+,20+,21?,23-,24-/m1/s1. The first kappa shape index (κ1) is 25.2. The normalized spacial score (nSPS) is 50.7. The lowest BCUT2D eigenvalue weighted by atomic mass is 9.54. The molecule has 1 unspecified atom stereocenters. The van der Waals surface area contributed by atoms with Crippen LogP contribution in [0.3, 0.4) is 0 Å². The summed E-state index contributed by atoms with van der Waals surface area (Å²) in [6.07, 6.45) is -2.45. The minimum atomic E-state index is -2.06. The number of alkyl halides is 1. The number of halogens is 1. The van der Waals surface area contributed by atoms with Crippen LogP contribution in [0.2, 0.25) is 0 Å². The number of carbonyl (C=O) groups excluding carboxylic acids is 3. The van der Waals surface area contributed by atoms with E-state index in [4.69, 9.17) is 30.5 Å². The van der Waals surface area contributed by atoms with Gasteiger partial charge in [-0.05, 0) is 12.5 Å². The second kappa shape index (κ2) is 8.33. The zero-order chi connectivity index (χ0) is 25.3. The minimum absolute atomic E-state index is 0.310. The number of aliphatic hydroxyl groups excluding tert-OH is 1. The predicted octanol–water partition coefficient (Wildman–Crippen LogP) is 1.28. The molecule has 0 spiro atoms. The number of rotatable bonds is 2. The molecular formula is C24H31ClO9. The molecule has 2 heterocycles. The summed E-state index contributed by atoms with van der Waals surface area (Å²) in [4.78, 5) is 36.9. The van der Waals surface area contributed by atoms with Crippen LogP contribution in [0.25, 0.3) is 0 Å². The van der Waals surface area contributed by atoms with Crippen LogP contribution in [0.1, 0.15) is 34.6 Å². The summed E-state index contributed by atoms with van der Waals surface area (Å²) in [7, 11) is 0. The second-order valence-corrected chi connectivity index (χ2v) is 10.6. The molecule has 0 aromatic rings. The smallest absolute Gasteiger partial charge is 0.312 e. The van der Waals surface area contributed by atoms with Gasteiger partial charge in [-0.1, -0.05) is 32.6 Å². The lowest BCUT2D eigenvalue weighted by Crippen LogP contribution is -2.68. The number of aliphatic hydroxyl groups is 2. The Kier molecular flexibility index (Phi) is 6.16. The lowest BCUT2D eigenvalue weighted by molar-refractivity contribution is -0.219. The molecule has 3 fully saturated rings. The molecule has 9 nitrogen and oxygen atoms in total. The van der Waals surface area contributed by atoms with E-state index < -0.39 is 88.7 Å². The van der Waals surface area contributed by atoms with E-state index in [0.29, 0.717) is 5.57 Å². The highest BCUT2D eigenvalue weighted by Crippen LogP contribution is 2.61. The molecule has 0 amide bonds. The van der Waals surface area contributed by atoms with Gasteiger partial charge in [0.2, 0.25) is 0 Å². The molecule has 2 N–H and O–H groups in total. The third-order valence-electron chi connectivity index (χ3n) is 8.14. The summed E-state index contributed by atoms with van der Waals surface area (Å²) < 4.78 is 22.8. The zero-order valence-corrected chi connectivity index (χ0v) is 20.5. The van der Waals surface area contributed by atoms with Gasteiger partial charge in [-0.2, -0.15) is 0 Å². The summed E-state index contributed by atoms with van der Waals surface area (Å²) in [5.41, 5.74) is -2.85. The van der Waals surface area contributed by atoms with Gasteiger partial charge in [0.15, 0.2) is 11.7 Å². The Morgan fingerprint density at radius 2 is 1.79 bits per heavy atom. The van der Waals surface area contributed by atoms with E-state index >= 15 is 0 Å². The van der Waals surface area contributed by atoms with Gasteiger partial charge in [0.05, 0.1) is 23.5 Å². The number of allylic oxidation sites excluding steroid dienone is 1. The van der Waals surface area contributed by atoms with E-state index in [0.717, 1.165) is 0 Å². The molecule has 0 bridgehead atoms. The van der Waals surface area contributed by atoms with Crippen molar-refractivity contribution in [2.45, 2.75) is 82.2 Å². The Hall–Kier alpha value is -1.94. The Bertz CT molecular complexity index is 949. The molecule has 34 heavy (non-hydrogen) atoms. The van der Waals surface area contributed by atoms with Gasteiger partial charge in [0.25, 0.3) is 0 Å².